The largest absolute Gasteiger partial charge is 0.494 e. The molecule has 0 radical (unpaired) electrons. The molecule has 0 aliphatic rings. The highest BCUT2D eigenvalue weighted by molar-refractivity contribution is 9.11. The van der Waals surface area contributed by atoms with Crippen molar-refractivity contribution >= 4 is 53.8 Å². The summed E-state index contributed by atoms with van der Waals surface area (Å²) in [5.41, 5.74) is 2.08. The van der Waals surface area contributed by atoms with Gasteiger partial charge in [0.05, 0.1) is 28.7 Å². The third-order valence-electron chi connectivity index (χ3n) is 2.93. The van der Waals surface area contributed by atoms with Crippen LogP contribution in [0.3, 0.4) is 0 Å². The molecule has 2 aromatic carbocycles. The van der Waals surface area contributed by atoms with Gasteiger partial charge in [-0.1, -0.05) is 34.1 Å². The lowest BCUT2D eigenvalue weighted by atomic mass is 9.99. The summed E-state index contributed by atoms with van der Waals surface area (Å²) in [4.78, 5) is 12.0. The van der Waals surface area contributed by atoms with E-state index in [4.69, 9.17) is 9.47 Å². The minimum atomic E-state index is -0.383. The average molecular weight is 479 g/mol. The topological polar surface area (TPSA) is 35.5 Å². The van der Waals surface area contributed by atoms with E-state index in [9.17, 15) is 4.79 Å². The summed E-state index contributed by atoms with van der Waals surface area (Å²) in [5, 5.41) is 0. The van der Waals surface area contributed by atoms with Crippen LogP contribution in [-0.4, -0.2) is 20.2 Å². The second-order valence-electron chi connectivity index (χ2n) is 4.10. The third-order valence-corrected chi connectivity index (χ3v) is 4.90. The zero-order valence-corrected chi connectivity index (χ0v) is 16.0. The van der Waals surface area contributed by atoms with Gasteiger partial charge in [0.2, 0.25) is 0 Å². The molecule has 0 aliphatic carbocycles. The van der Waals surface area contributed by atoms with E-state index >= 15 is 0 Å². The summed E-state index contributed by atoms with van der Waals surface area (Å²) < 4.78 is 12.6. The minimum Gasteiger partial charge on any atom is -0.494 e. The molecule has 6 heteroatoms. The van der Waals surface area contributed by atoms with Crippen LogP contribution in [0.15, 0.2) is 43.7 Å². The summed E-state index contributed by atoms with van der Waals surface area (Å²) in [6.07, 6.45) is 0. The first-order chi connectivity index (χ1) is 10.0. The molecule has 21 heavy (non-hydrogen) atoms. The van der Waals surface area contributed by atoms with Crippen LogP contribution < -0.4 is 4.74 Å². The number of carbonyl (C=O) groups excluding carboxylic acids is 1. The molecule has 0 aliphatic heterocycles. The monoisotopic (exact) mass is 476 g/mol. The molecule has 0 fully saturated rings. The molecule has 2 rings (SSSR count). The van der Waals surface area contributed by atoms with Crippen molar-refractivity contribution in [3.63, 3.8) is 0 Å². The molecule has 0 bridgehead atoms. The number of esters is 1. The van der Waals surface area contributed by atoms with Crippen LogP contribution in [0, 0.1) is 0 Å². The van der Waals surface area contributed by atoms with Crippen molar-refractivity contribution in [3.8, 4) is 16.9 Å². The highest BCUT2D eigenvalue weighted by Crippen LogP contribution is 2.46. The predicted molar refractivity (Wildman–Crippen MR) is 92.9 cm³/mol. The first-order valence-electron chi connectivity index (χ1n) is 5.90. The van der Waals surface area contributed by atoms with Crippen molar-refractivity contribution in [1.82, 2.24) is 0 Å². The van der Waals surface area contributed by atoms with Crippen LogP contribution in [0.2, 0.25) is 0 Å². The number of halogens is 3. The Labute approximate surface area is 148 Å². The molecule has 0 saturated carbocycles. The lowest BCUT2D eigenvalue weighted by molar-refractivity contribution is 0.0601. The van der Waals surface area contributed by atoms with Crippen molar-refractivity contribution in [2.24, 2.45) is 0 Å². The molecule has 0 N–H and O–H groups in total. The van der Waals surface area contributed by atoms with Crippen molar-refractivity contribution in [1.29, 1.82) is 0 Å². The van der Waals surface area contributed by atoms with Crippen molar-refractivity contribution in [3.05, 3.63) is 49.3 Å². The van der Waals surface area contributed by atoms with E-state index in [2.05, 4.69) is 47.8 Å². The molecule has 0 saturated heterocycles. The first kappa shape index (κ1) is 16.5. The van der Waals surface area contributed by atoms with E-state index in [0.717, 1.165) is 24.5 Å². The van der Waals surface area contributed by atoms with Crippen LogP contribution in [0.1, 0.15) is 10.4 Å². The van der Waals surface area contributed by atoms with Gasteiger partial charge in [0.1, 0.15) is 5.75 Å². The molecule has 2 aromatic rings. The van der Waals surface area contributed by atoms with E-state index in [0.29, 0.717) is 11.3 Å². The van der Waals surface area contributed by atoms with Gasteiger partial charge in [-0.3, -0.25) is 0 Å². The van der Waals surface area contributed by atoms with Crippen LogP contribution in [0.25, 0.3) is 11.1 Å². The summed E-state index contributed by atoms with van der Waals surface area (Å²) in [5.74, 6) is 0.277. The number of ether oxygens (including phenoxy) is 2. The fraction of sp³-hybridized carbons (Fsp3) is 0.133. The Morgan fingerprint density at radius 1 is 1.05 bits per heavy atom. The molecule has 0 unspecified atom stereocenters. The number of carbonyl (C=O) groups is 1. The predicted octanol–water partition coefficient (Wildman–Crippen LogP) is 5.44. The van der Waals surface area contributed by atoms with E-state index < -0.39 is 0 Å². The summed E-state index contributed by atoms with van der Waals surface area (Å²) >= 11 is 10.5. The fourth-order valence-corrected chi connectivity index (χ4v) is 4.87. The Hall–Kier alpha value is -0.850. The van der Waals surface area contributed by atoms with Gasteiger partial charge in [0, 0.05) is 10.0 Å². The standard InChI is InChI=1S/C15H11Br3O3/c1-20-14-11(17)7-10(16)12(13(14)18)8-5-3-4-6-9(8)15(19)21-2/h3-7H,1-2H3. The molecule has 0 aromatic heterocycles. The normalized spacial score (nSPS) is 10.3. The van der Waals surface area contributed by atoms with Crippen molar-refractivity contribution in [2.45, 2.75) is 0 Å². The molecule has 0 atom stereocenters. The number of rotatable bonds is 3. The van der Waals surface area contributed by atoms with Crippen LogP contribution >= 0.6 is 47.8 Å². The number of hydrogen-bond acceptors (Lipinski definition) is 3. The number of hydrogen-bond donors (Lipinski definition) is 0. The van der Waals surface area contributed by atoms with Gasteiger partial charge in [0.25, 0.3) is 0 Å². The Morgan fingerprint density at radius 3 is 2.33 bits per heavy atom. The minimum absolute atomic E-state index is 0.383. The maximum absolute atomic E-state index is 12.0. The molecule has 0 amide bonds. The maximum atomic E-state index is 12.0. The Balaban J connectivity index is 2.77. The molecule has 110 valence electrons. The first-order valence-corrected chi connectivity index (χ1v) is 8.28. The number of methoxy groups -OCH3 is 2. The second kappa shape index (κ2) is 6.94. The molecule has 0 heterocycles. The zero-order chi connectivity index (χ0) is 15.6. The maximum Gasteiger partial charge on any atom is 0.338 e. The fourth-order valence-electron chi connectivity index (χ4n) is 2.00. The lowest BCUT2D eigenvalue weighted by Crippen LogP contribution is -2.04. The molecule has 0 spiro atoms. The van der Waals surface area contributed by atoms with Crippen LogP contribution in [0.5, 0.6) is 5.75 Å². The van der Waals surface area contributed by atoms with Gasteiger partial charge in [-0.2, -0.15) is 0 Å². The van der Waals surface area contributed by atoms with E-state index in [1.54, 1.807) is 19.2 Å². The van der Waals surface area contributed by atoms with E-state index in [1.165, 1.54) is 7.11 Å². The molecule has 3 nitrogen and oxygen atoms in total. The summed E-state index contributed by atoms with van der Waals surface area (Å²) in [6.45, 7) is 0. The van der Waals surface area contributed by atoms with E-state index in [-0.39, 0.29) is 5.97 Å². The quantitative estimate of drug-likeness (QED) is 0.551. The van der Waals surface area contributed by atoms with Gasteiger partial charge in [-0.15, -0.1) is 0 Å². The summed E-state index contributed by atoms with van der Waals surface area (Å²) in [6, 6.07) is 9.15. The Bertz CT molecular complexity index is 699. The smallest absolute Gasteiger partial charge is 0.338 e. The van der Waals surface area contributed by atoms with Gasteiger partial charge >= 0.3 is 5.97 Å². The SMILES string of the molecule is COC(=O)c1ccccc1-c1c(Br)cc(Br)c(OC)c1Br. The highest BCUT2D eigenvalue weighted by atomic mass is 79.9. The van der Waals surface area contributed by atoms with Gasteiger partial charge in [0.15, 0.2) is 0 Å². The van der Waals surface area contributed by atoms with Crippen LogP contribution in [0.4, 0.5) is 0 Å². The number of benzene rings is 2. The molecular weight excluding hydrogens is 468 g/mol. The van der Waals surface area contributed by atoms with Crippen molar-refractivity contribution in [2.75, 3.05) is 14.2 Å². The third kappa shape index (κ3) is 3.17. The lowest BCUT2D eigenvalue weighted by Gasteiger charge is -2.15. The Kier molecular flexibility index (Phi) is 5.46. The molecular formula is C15H11Br3O3. The zero-order valence-electron chi connectivity index (χ0n) is 11.2. The average Bonchev–Trinajstić information content (AvgIpc) is 2.47. The Morgan fingerprint density at radius 2 is 1.71 bits per heavy atom. The van der Waals surface area contributed by atoms with Gasteiger partial charge in [-0.05, 0) is 49.6 Å². The second-order valence-corrected chi connectivity index (χ2v) is 6.60. The highest BCUT2D eigenvalue weighted by Gasteiger charge is 2.21. The van der Waals surface area contributed by atoms with E-state index in [1.807, 2.05) is 18.2 Å². The van der Waals surface area contributed by atoms with Crippen molar-refractivity contribution < 1.29 is 14.3 Å². The van der Waals surface area contributed by atoms with Crippen LogP contribution in [-0.2, 0) is 4.74 Å². The van der Waals surface area contributed by atoms with Gasteiger partial charge < -0.3 is 9.47 Å². The summed E-state index contributed by atoms with van der Waals surface area (Å²) in [7, 11) is 2.96. The van der Waals surface area contributed by atoms with Gasteiger partial charge in [-0.25, -0.2) is 4.79 Å².